The van der Waals surface area contributed by atoms with Crippen molar-refractivity contribution in [1.29, 1.82) is 0 Å². The van der Waals surface area contributed by atoms with E-state index in [2.05, 4.69) is 12.2 Å². The number of aliphatic hydroxyl groups excluding tert-OH is 1. The standard InChI is InChI=1S/C29H53NO3/c1-4-6-8-9-10-11-12-13-14-15-16-17-18-19-20-21-23-24-27(32)29(26(3)31)30-28(33)25-22-7-5-2/h5,7,22,25-26,29,31H,4,6,8-21,23-24H2,1-3H3,(H,30,33)/b7-5+,25-22+/t26-,29-/m0/s1. The summed E-state index contributed by atoms with van der Waals surface area (Å²) in [5, 5.41) is 12.5. The van der Waals surface area contributed by atoms with Crippen LogP contribution in [-0.2, 0) is 9.59 Å². The van der Waals surface area contributed by atoms with Crippen LogP contribution in [0, 0.1) is 0 Å². The number of aliphatic hydroxyl groups is 1. The van der Waals surface area contributed by atoms with Crippen LogP contribution in [0.1, 0.15) is 136 Å². The Kier molecular flexibility index (Phi) is 22.7. The van der Waals surface area contributed by atoms with Crippen LogP contribution in [0.15, 0.2) is 24.3 Å². The van der Waals surface area contributed by atoms with Gasteiger partial charge in [0.2, 0.25) is 5.91 Å². The summed E-state index contributed by atoms with van der Waals surface area (Å²) in [4.78, 5) is 24.3. The molecule has 4 heteroatoms. The molecule has 0 aliphatic rings. The molecule has 0 aromatic carbocycles. The number of unbranched alkanes of at least 4 members (excludes halogenated alkanes) is 16. The van der Waals surface area contributed by atoms with Crippen molar-refractivity contribution in [2.75, 3.05) is 0 Å². The van der Waals surface area contributed by atoms with Crippen LogP contribution >= 0.6 is 0 Å². The zero-order chi connectivity index (χ0) is 24.6. The fourth-order valence-electron chi connectivity index (χ4n) is 4.11. The molecule has 0 saturated heterocycles. The molecule has 0 spiro atoms. The smallest absolute Gasteiger partial charge is 0.244 e. The van der Waals surface area contributed by atoms with E-state index >= 15 is 0 Å². The van der Waals surface area contributed by atoms with Gasteiger partial charge in [0.15, 0.2) is 5.78 Å². The summed E-state index contributed by atoms with van der Waals surface area (Å²) in [5.74, 6) is -0.437. The van der Waals surface area contributed by atoms with Gasteiger partial charge in [-0.15, -0.1) is 0 Å². The van der Waals surface area contributed by atoms with Crippen LogP contribution < -0.4 is 5.32 Å². The highest BCUT2D eigenvalue weighted by atomic mass is 16.3. The normalized spacial score (nSPS) is 13.6. The van der Waals surface area contributed by atoms with Crippen molar-refractivity contribution in [1.82, 2.24) is 5.32 Å². The number of nitrogens with one attached hydrogen (secondary N) is 1. The highest BCUT2D eigenvalue weighted by Gasteiger charge is 2.24. The number of carbonyl (C=O) groups is 2. The minimum atomic E-state index is -0.887. The van der Waals surface area contributed by atoms with E-state index in [4.69, 9.17) is 0 Å². The quantitative estimate of drug-likeness (QED) is 0.0931. The minimum Gasteiger partial charge on any atom is -0.391 e. The highest BCUT2D eigenvalue weighted by Crippen LogP contribution is 2.14. The van der Waals surface area contributed by atoms with E-state index in [9.17, 15) is 14.7 Å². The van der Waals surface area contributed by atoms with Gasteiger partial charge in [-0.2, -0.15) is 0 Å². The molecule has 0 fully saturated rings. The monoisotopic (exact) mass is 463 g/mol. The molecule has 0 unspecified atom stereocenters. The Labute approximate surface area is 204 Å². The number of allylic oxidation sites excluding steroid dienone is 3. The van der Waals surface area contributed by atoms with E-state index < -0.39 is 12.1 Å². The first-order valence-electron chi connectivity index (χ1n) is 13.8. The zero-order valence-electron chi connectivity index (χ0n) is 22.0. The predicted octanol–water partition coefficient (Wildman–Crippen LogP) is 7.60. The molecule has 1 amide bonds. The van der Waals surface area contributed by atoms with E-state index in [0.29, 0.717) is 6.42 Å². The lowest BCUT2D eigenvalue weighted by Gasteiger charge is -2.19. The number of carbonyl (C=O) groups excluding carboxylic acids is 2. The van der Waals surface area contributed by atoms with E-state index in [1.807, 2.05) is 13.0 Å². The maximum atomic E-state index is 12.4. The number of hydrogen-bond acceptors (Lipinski definition) is 3. The van der Waals surface area contributed by atoms with Gasteiger partial charge >= 0.3 is 0 Å². The van der Waals surface area contributed by atoms with Gasteiger partial charge in [0.05, 0.1) is 6.10 Å². The molecule has 0 radical (unpaired) electrons. The third-order valence-electron chi connectivity index (χ3n) is 6.20. The third-order valence-corrected chi connectivity index (χ3v) is 6.20. The summed E-state index contributed by atoms with van der Waals surface area (Å²) in [5.41, 5.74) is 0. The Hall–Kier alpha value is -1.42. The summed E-state index contributed by atoms with van der Waals surface area (Å²) in [6.45, 7) is 5.69. The molecule has 0 aliphatic carbocycles. The van der Waals surface area contributed by atoms with Crippen molar-refractivity contribution < 1.29 is 14.7 Å². The lowest BCUT2D eigenvalue weighted by Crippen LogP contribution is -2.47. The number of rotatable bonds is 23. The molecule has 2 N–H and O–H groups in total. The summed E-state index contributed by atoms with van der Waals surface area (Å²) < 4.78 is 0. The first-order chi connectivity index (χ1) is 16.0. The average Bonchev–Trinajstić information content (AvgIpc) is 2.79. The molecule has 0 bridgehead atoms. The Bertz CT molecular complexity index is 525. The number of hydrogen-bond donors (Lipinski definition) is 2. The van der Waals surface area contributed by atoms with E-state index in [0.717, 1.165) is 19.3 Å². The van der Waals surface area contributed by atoms with Crippen molar-refractivity contribution in [2.24, 2.45) is 0 Å². The highest BCUT2D eigenvalue weighted by molar-refractivity contribution is 5.94. The maximum absolute atomic E-state index is 12.4. The van der Waals surface area contributed by atoms with Crippen LogP contribution in [0.5, 0.6) is 0 Å². The molecular formula is C29H53NO3. The first-order valence-corrected chi connectivity index (χ1v) is 13.8. The van der Waals surface area contributed by atoms with Gasteiger partial charge in [-0.25, -0.2) is 0 Å². The van der Waals surface area contributed by atoms with E-state index in [1.165, 1.54) is 96.0 Å². The molecule has 192 valence electrons. The van der Waals surface area contributed by atoms with Crippen molar-refractivity contribution in [3.8, 4) is 0 Å². The lowest BCUT2D eigenvalue weighted by atomic mass is 10.00. The Morgan fingerprint density at radius 3 is 1.55 bits per heavy atom. The molecular weight excluding hydrogens is 410 g/mol. The van der Waals surface area contributed by atoms with Crippen LogP contribution in [0.4, 0.5) is 0 Å². The lowest BCUT2D eigenvalue weighted by molar-refractivity contribution is -0.128. The second-order valence-corrected chi connectivity index (χ2v) is 9.48. The average molecular weight is 464 g/mol. The summed E-state index contributed by atoms with van der Waals surface area (Å²) in [6, 6.07) is -0.825. The van der Waals surface area contributed by atoms with Crippen LogP contribution in [0.3, 0.4) is 0 Å². The fraction of sp³-hybridized carbons (Fsp3) is 0.793. The molecule has 4 nitrogen and oxygen atoms in total. The van der Waals surface area contributed by atoms with Crippen LogP contribution in [0.2, 0.25) is 0 Å². The molecule has 33 heavy (non-hydrogen) atoms. The van der Waals surface area contributed by atoms with Crippen LogP contribution in [0.25, 0.3) is 0 Å². The minimum absolute atomic E-state index is 0.0845. The van der Waals surface area contributed by atoms with Crippen LogP contribution in [-0.4, -0.2) is 28.9 Å². The zero-order valence-corrected chi connectivity index (χ0v) is 22.0. The van der Waals surface area contributed by atoms with Gasteiger partial charge in [-0.3, -0.25) is 9.59 Å². The van der Waals surface area contributed by atoms with Crippen molar-refractivity contribution in [2.45, 2.75) is 148 Å². The van der Waals surface area contributed by atoms with Gasteiger partial charge in [0, 0.05) is 12.5 Å². The van der Waals surface area contributed by atoms with Gasteiger partial charge in [0.1, 0.15) is 6.04 Å². The summed E-state index contributed by atoms with van der Waals surface area (Å²) in [6.07, 6.45) is 28.3. The summed E-state index contributed by atoms with van der Waals surface area (Å²) >= 11 is 0. The Morgan fingerprint density at radius 1 is 0.727 bits per heavy atom. The van der Waals surface area contributed by atoms with Gasteiger partial charge in [-0.05, 0) is 20.3 Å². The topological polar surface area (TPSA) is 66.4 Å². The number of amides is 1. The van der Waals surface area contributed by atoms with E-state index in [-0.39, 0.29) is 11.7 Å². The second-order valence-electron chi connectivity index (χ2n) is 9.48. The molecule has 2 atom stereocenters. The van der Waals surface area contributed by atoms with Gasteiger partial charge < -0.3 is 10.4 Å². The predicted molar refractivity (Wildman–Crippen MR) is 141 cm³/mol. The SMILES string of the molecule is C/C=C/C=C/C(=O)N[C@H](C(=O)CCCCCCCCCCCCCCCCCCC)[C@H](C)O. The van der Waals surface area contributed by atoms with Gasteiger partial charge in [-0.1, -0.05) is 128 Å². The van der Waals surface area contributed by atoms with Crippen molar-refractivity contribution in [3.05, 3.63) is 24.3 Å². The molecule has 0 aromatic heterocycles. The largest absolute Gasteiger partial charge is 0.391 e. The van der Waals surface area contributed by atoms with E-state index in [1.54, 1.807) is 19.1 Å². The molecule has 0 aromatic rings. The molecule has 0 saturated carbocycles. The number of Topliss-reactive ketones (excluding diaryl/α,β-unsaturated/α-hetero) is 1. The third kappa shape index (κ3) is 20.9. The molecule has 0 rings (SSSR count). The molecule has 0 heterocycles. The van der Waals surface area contributed by atoms with Gasteiger partial charge in [0.25, 0.3) is 0 Å². The van der Waals surface area contributed by atoms with Crippen molar-refractivity contribution >= 4 is 11.7 Å². The molecule has 0 aliphatic heterocycles. The van der Waals surface area contributed by atoms with Crippen molar-refractivity contribution in [3.63, 3.8) is 0 Å². The first kappa shape index (κ1) is 31.6. The summed E-state index contributed by atoms with van der Waals surface area (Å²) in [7, 11) is 0. The maximum Gasteiger partial charge on any atom is 0.244 e. The Balaban J connectivity index is 3.61. The fourth-order valence-corrected chi connectivity index (χ4v) is 4.11. The Morgan fingerprint density at radius 2 is 1.15 bits per heavy atom. The number of ketones is 1. The second kappa shape index (κ2) is 23.7.